The predicted octanol–water partition coefficient (Wildman–Crippen LogP) is 3.95. The van der Waals surface area contributed by atoms with Gasteiger partial charge in [-0.15, -0.1) is 0 Å². The lowest BCUT2D eigenvalue weighted by Crippen LogP contribution is -2.32. The predicted molar refractivity (Wildman–Crippen MR) is 112 cm³/mol. The second-order valence-corrected chi connectivity index (χ2v) is 6.77. The number of aromatic nitrogens is 3. The molecule has 0 spiro atoms. The first-order chi connectivity index (χ1) is 14.2. The lowest BCUT2D eigenvalue weighted by molar-refractivity contribution is 0.414. The van der Waals surface area contributed by atoms with Crippen LogP contribution in [0.2, 0.25) is 0 Å². The number of benzene rings is 3. The van der Waals surface area contributed by atoms with Gasteiger partial charge >= 0.3 is 0 Å². The second-order valence-electron chi connectivity index (χ2n) is 6.77. The van der Waals surface area contributed by atoms with Gasteiger partial charge < -0.3 is 10.1 Å². The average molecular weight is 382 g/mol. The lowest BCUT2D eigenvalue weighted by Gasteiger charge is -2.30. The highest BCUT2D eigenvalue weighted by atomic mass is 16.5. The fraction of sp³-hybridized carbons (Fsp3) is 0.0870. The van der Waals surface area contributed by atoms with Crippen LogP contribution in [0.1, 0.15) is 11.7 Å². The van der Waals surface area contributed by atoms with Crippen LogP contribution in [0.5, 0.6) is 5.75 Å². The van der Waals surface area contributed by atoms with Gasteiger partial charge in [-0.05, 0) is 29.8 Å². The quantitative estimate of drug-likeness (QED) is 0.581. The lowest BCUT2D eigenvalue weighted by atomic mass is 10.1. The van der Waals surface area contributed by atoms with E-state index in [4.69, 9.17) is 9.84 Å². The van der Waals surface area contributed by atoms with Crippen LogP contribution in [0.4, 0.5) is 5.69 Å². The number of nitrogens with zero attached hydrogens (tertiary/aromatic N) is 3. The summed E-state index contributed by atoms with van der Waals surface area (Å²) < 4.78 is 7.06. The van der Waals surface area contributed by atoms with Crippen molar-refractivity contribution in [1.29, 1.82) is 0 Å². The van der Waals surface area contributed by atoms with E-state index < -0.39 is 0 Å². The molecule has 1 atom stereocenters. The van der Waals surface area contributed by atoms with Crippen LogP contribution in [0.3, 0.4) is 0 Å². The summed E-state index contributed by atoms with van der Waals surface area (Å²) in [4.78, 5) is 17.2. The first-order valence-corrected chi connectivity index (χ1v) is 9.31. The van der Waals surface area contributed by atoms with E-state index in [0.717, 1.165) is 28.1 Å². The minimum absolute atomic E-state index is 0.304. The number of hydrogen-bond donors (Lipinski definition) is 1. The van der Waals surface area contributed by atoms with Gasteiger partial charge in [0.15, 0.2) is 11.5 Å². The maximum absolute atomic E-state index is 12.8. The molecule has 3 aromatic carbocycles. The summed E-state index contributed by atoms with van der Waals surface area (Å²) in [5, 5.41) is 8.25. The summed E-state index contributed by atoms with van der Waals surface area (Å²) in [6, 6.07) is 25.0. The topological polar surface area (TPSA) is 69.0 Å². The Bertz CT molecular complexity index is 1230. The van der Waals surface area contributed by atoms with Crippen molar-refractivity contribution in [3.63, 3.8) is 0 Å². The Kier molecular flexibility index (Phi) is 4.09. The molecule has 2 heterocycles. The Hall–Kier alpha value is -3.93. The molecule has 0 radical (unpaired) electrons. The van der Waals surface area contributed by atoms with Crippen LogP contribution in [-0.4, -0.2) is 21.9 Å². The molecule has 1 aliphatic heterocycles. The van der Waals surface area contributed by atoms with Crippen molar-refractivity contribution in [3.8, 4) is 28.4 Å². The van der Waals surface area contributed by atoms with Gasteiger partial charge in [-0.25, -0.2) is 4.68 Å². The molecule has 0 amide bonds. The molecule has 0 saturated heterocycles. The Morgan fingerprint density at radius 3 is 2.41 bits per heavy atom. The molecule has 0 saturated carbocycles. The van der Waals surface area contributed by atoms with E-state index in [-0.39, 0.29) is 11.7 Å². The van der Waals surface area contributed by atoms with Crippen molar-refractivity contribution < 1.29 is 4.74 Å². The van der Waals surface area contributed by atoms with Gasteiger partial charge in [0.25, 0.3) is 5.56 Å². The van der Waals surface area contributed by atoms with Gasteiger partial charge in [-0.1, -0.05) is 54.6 Å². The van der Waals surface area contributed by atoms with Crippen LogP contribution in [0.25, 0.3) is 22.6 Å². The van der Waals surface area contributed by atoms with Gasteiger partial charge in [0.1, 0.15) is 11.9 Å². The number of methoxy groups -OCH3 is 1. The first-order valence-electron chi connectivity index (χ1n) is 9.31. The zero-order chi connectivity index (χ0) is 19.8. The molecule has 0 unspecified atom stereocenters. The Morgan fingerprint density at radius 1 is 0.931 bits per heavy atom. The largest absolute Gasteiger partial charge is 0.497 e. The Balaban J connectivity index is 1.73. The van der Waals surface area contributed by atoms with Gasteiger partial charge in [-0.2, -0.15) is 10.1 Å². The molecular formula is C23H18N4O2. The third-order valence-corrected chi connectivity index (χ3v) is 5.02. The molecule has 6 nitrogen and oxygen atoms in total. The van der Waals surface area contributed by atoms with Crippen LogP contribution >= 0.6 is 0 Å². The second kappa shape index (κ2) is 6.91. The van der Waals surface area contributed by atoms with Crippen LogP contribution in [0, 0.1) is 0 Å². The zero-order valence-corrected chi connectivity index (χ0v) is 15.7. The summed E-state index contributed by atoms with van der Waals surface area (Å²) >= 11 is 0. The van der Waals surface area contributed by atoms with Gasteiger partial charge in [-0.3, -0.25) is 4.79 Å². The van der Waals surface area contributed by atoms with E-state index in [1.165, 1.54) is 0 Å². The number of para-hydroxylation sites is 1. The van der Waals surface area contributed by atoms with Crippen molar-refractivity contribution in [2.75, 3.05) is 12.4 Å². The minimum Gasteiger partial charge on any atom is -0.497 e. The highest BCUT2D eigenvalue weighted by Crippen LogP contribution is 2.36. The molecular weight excluding hydrogens is 364 g/mol. The number of rotatable bonds is 3. The average Bonchev–Trinajstić information content (AvgIpc) is 2.79. The van der Waals surface area contributed by atoms with Crippen LogP contribution < -0.4 is 15.6 Å². The third-order valence-electron chi connectivity index (χ3n) is 5.02. The number of hydrogen-bond acceptors (Lipinski definition) is 5. The number of fused-ring (bicyclic) bond motifs is 3. The summed E-state index contributed by atoms with van der Waals surface area (Å²) in [7, 11) is 1.64. The van der Waals surface area contributed by atoms with Crippen molar-refractivity contribution in [1.82, 2.24) is 14.8 Å². The molecule has 0 fully saturated rings. The minimum atomic E-state index is -0.340. The molecule has 1 N–H and O–H groups in total. The van der Waals surface area contributed by atoms with Crippen molar-refractivity contribution >= 4 is 5.69 Å². The Morgan fingerprint density at radius 2 is 1.66 bits per heavy atom. The monoisotopic (exact) mass is 382 g/mol. The highest BCUT2D eigenvalue weighted by Gasteiger charge is 2.27. The first kappa shape index (κ1) is 17.2. The summed E-state index contributed by atoms with van der Waals surface area (Å²) in [5.74, 6) is 1.32. The number of ether oxygens (including phenoxy) is 1. The van der Waals surface area contributed by atoms with Crippen LogP contribution in [0.15, 0.2) is 83.7 Å². The van der Waals surface area contributed by atoms with E-state index in [2.05, 4.69) is 10.3 Å². The summed E-state index contributed by atoms with van der Waals surface area (Å²) in [5.41, 5.74) is 3.48. The molecule has 6 heteroatoms. The summed E-state index contributed by atoms with van der Waals surface area (Å²) in [6.45, 7) is 0. The fourth-order valence-corrected chi connectivity index (χ4v) is 3.56. The number of anilines is 1. The molecule has 0 bridgehead atoms. The van der Waals surface area contributed by atoms with E-state index in [1.807, 2.05) is 78.9 Å². The van der Waals surface area contributed by atoms with E-state index in [0.29, 0.717) is 11.5 Å². The Labute approximate surface area is 167 Å². The van der Waals surface area contributed by atoms with Gasteiger partial charge in [0.05, 0.1) is 7.11 Å². The van der Waals surface area contributed by atoms with E-state index in [9.17, 15) is 4.79 Å². The molecule has 1 aliphatic rings. The molecule has 4 aromatic rings. The number of nitrogens with one attached hydrogen (secondary N) is 1. The van der Waals surface area contributed by atoms with E-state index >= 15 is 0 Å². The maximum Gasteiger partial charge on any atom is 0.300 e. The fourth-order valence-electron chi connectivity index (χ4n) is 3.56. The normalized spacial score (nSPS) is 14.4. The molecule has 0 aliphatic carbocycles. The summed E-state index contributed by atoms with van der Waals surface area (Å²) in [6.07, 6.45) is -0.304. The molecule has 5 rings (SSSR count). The van der Waals surface area contributed by atoms with Crippen LogP contribution in [-0.2, 0) is 0 Å². The van der Waals surface area contributed by atoms with Crippen molar-refractivity contribution in [2.24, 2.45) is 0 Å². The van der Waals surface area contributed by atoms with Crippen molar-refractivity contribution in [3.05, 3.63) is 94.8 Å². The maximum atomic E-state index is 12.8. The van der Waals surface area contributed by atoms with E-state index in [1.54, 1.807) is 11.8 Å². The smallest absolute Gasteiger partial charge is 0.300 e. The highest BCUT2D eigenvalue weighted by molar-refractivity contribution is 5.76. The third kappa shape index (κ3) is 2.95. The SMILES string of the molecule is COc1ccc([C@H]2Nc3ccccc3-c3nc(=O)c(-c4ccccc4)nn32)cc1. The van der Waals surface area contributed by atoms with Gasteiger partial charge in [0, 0.05) is 16.8 Å². The zero-order valence-electron chi connectivity index (χ0n) is 15.7. The van der Waals surface area contributed by atoms with Gasteiger partial charge in [0.2, 0.25) is 0 Å². The molecule has 142 valence electrons. The molecule has 1 aromatic heterocycles. The molecule has 29 heavy (non-hydrogen) atoms. The standard InChI is InChI=1S/C23H18N4O2/c1-29-17-13-11-16(12-14-17)21-24-19-10-6-5-9-18(19)22-25-23(28)20(26-27(21)22)15-7-3-2-4-8-15/h2-14,21,24H,1H3/t21-/m0/s1. The van der Waals surface area contributed by atoms with Crippen molar-refractivity contribution in [2.45, 2.75) is 6.17 Å².